The molecule has 64 valence electrons. The Kier molecular flexibility index (Phi) is 4.17. The molecule has 11 heavy (non-hydrogen) atoms. The number of hydrogen-bond donors (Lipinski definition) is 0. The van der Waals surface area contributed by atoms with Crippen LogP contribution in [0.3, 0.4) is 0 Å². The van der Waals surface area contributed by atoms with E-state index in [1.165, 1.54) is 6.92 Å². The Balaban J connectivity index is 3.97. The van der Waals surface area contributed by atoms with E-state index < -0.39 is 18.2 Å². The summed E-state index contributed by atoms with van der Waals surface area (Å²) in [5, 5.41) is 10.1. The van der Waals surface area contributed by atoms with Crippen LogP contribution in [-0.4, -0.2) is 19.0 Å². The van der Waals surface area contributed by atoms with Gasteiger partial charge < -0.3 is 9.84 Å². The van der Waals surface area contributed by atoms with Gasteiger partial charge in [0.05, 0.1) is 6.61 Å². The highest BCUT2D eigenvalue weighted by Crippen LogP contribution is 2.00. The van der Waals surface area contributed by atoms with Crippen LogP contribution in [0.4, 0.5) is 8.78 Å². The number of carbonyl (C=O) groups is 1. The summed E-state index contributed by atoms with van der Waals surface area (Å²) < 4.78 is 27.1. The zero-order chi connectivity index (χ0) is 8.85. The highest BCUT2D eigenvalue weighted by molar-refractivity contribution is 5.82. The van der Waals surface area contributed by atoms with E-state index in [2.05, 4.69) is 4.74 Å². The van der Waals surface area contributed by atoms with E-state index in [9.17, 15) is 18.7 Å². The van der Waals surface area contributed by atoms with Crippen molar-refractivity contribution < 1.29 is 23.4 Å². The first-order valence-corrected chi connectivity index (χ1v) is 2.91. The van der Waals surface area contributed by atoms with Crippen molar-refractivity contribution in [2.45, 2.75) is 13.3 Å². The van der Waals surface area contributed by atoms with Gasteiger partial charge in [0.2, 0.25) is 6.43 Å². The lowest BCUT2D eigenvalue weighted by atomic mass is 10.4. The predicted octanol–water partition coefficient (Wildman–Crippen LogP) is 0.0588. The fourth-order valence-corrected chi connectivity index (χ4v) is 0.363. The summed E-state index contributed by atoms with van der Waals surface area (Å²) >= 11 is 0. The topological polar surface area (TPSA) is 49.4 Å². The molecule has 3 nitrogen and oxygen atoms in total. The number of rotatable bonds is 3. The Bertz CT molecular complexity index is 165. The lowest BCUT2D eigenvalue weighted by Crippen LogP contribution is -2.15. The lowest BCUT2D eigenvalue weighted by molar-refractivity contribution is -0.323. The van der Waals surface area contributed by atoms with Crippen molar-refractivity contribution in [3.8, 4) is 0 Å². The van der Waals surface area contributed by atoms with Gasteiger partial charge in [-0.05, 0) is 6.92 Å². The zero-order valence-electron chi connectivity index (χ0n) is 5.84. The molecule has 0 aromatic heterocycles. The van der Waals surface area contributed by atoms with Crippen LogP contribution in [-0.2, 0) is 9.53 Å². The minimum Gasteiger partial charge on any atom is -0.871 e. The molecular formula is C6H7F2O3-. The second kappa shape index (κ2) is 4.65. The Morgan fingerprint density at radius 1 is 1.73 bits per heavy atom. The maximum Gasteiger partial charge on any atom is 0.329 e. The van der Waals surface area contributed by atoms with Crippen LogP contribution in [0.15, 0.2) is 11.8 Å². The number of esters is 1. The van der Waals surface area contributed by atoms with Crippen LogP contribution in [0.1, 0.15) is 6.92 Å². The molecule has 0 amide bonds. The van der Waals surface area contributed by atoms with Crippen molar-refractivity contribution in [2.75, 3.05) is 6.61 Å². The van der Waals surface area contributed by atoms with Gasteiger partial charge in [0.25, 0.3) is 0 Å². The second-order valence-electron chi connectivity index (χ2n) is 1.60. The Labute approximate surface area is 62.3 Å². The van der Waals surface area contributed by atoms with E-state index in [0.29, 0.717) is 0 Å². The maximum atomic E-state index is 11.4. The number of carbonyl (C=O) groups excluding carboxylic acids is 1. The smallest absolute Gasteiger partial charge is 0.329 e. The SMILES string of the molecule is CCOC(=O)/C=C(\[O-])C(F)F. The molecular weight excluding hydrogens is 158 g/mol. The van der Waals surface area contributed by atoms with Gasteiger partial charge in [-0.15, -0.1) is 0 Å². The number of hydrogen-bond acceptors (Lipinski definition) is 3. The van der Waals surface area contributed by atoms with E-state index in [0.717, 1.165) is 0 Å². The molecule has 0 radical (unpaired) electrons. The van der Waals surface area contributed by atoms with Gasteiger partial charge in [-0.25, -0.2) is 13.6 Å². The Hall–Kier alpha value is -1.13. The first-order valence-electron chi connectivity index (χ1n) is 2.91. The summed E-state index contributed by atoms with van der Waals surface area (Å²) in [5.41, 5.74) is 0. The van der Waals surface area contributed by atoms with Crippen molar-refractivity contribution in [3.63, 3.8) is 0 Å². The number of halogens is 2. The van der Waals surface area contributed by atoms with E-state index in [4.69, 9.17) is 0 Å². The normalized spacial score (nSPS) is 11.8. The fraction of sp³-hybridized carbons (Fsp3) is 0.500. The number of ether oxygens (including phenoxy) is 1. The van der Waals surface area contributed by atoms with E-state index in [1.807, 2.05) is 0 Å². The fourth-order valence-electron chi connectivity index (χ4n) is 0.363. The van der Waals surface area contributed by atoms with Gasteiger partial charge in [-0.1, -0.05) is 5.76 Å². The lowest BCUT2D eigenvalue weighted by Gasteiger charge is -2.08. The van der Waals surface area contributed by atoms with Crippen LogP contribution in [0.5, 0.6) is 0 Å². The van der Waals surface area contributed by atoms with Crippen molar-refractivity contribution in [3.05, 3.63) is 11.8 Å². The van der Waals surface area contributed by atoms with Gasteiger partial charge in [-0.3, -0.25) is 0 Å². The summed E-state index contributed by atoms with van der Waals surface area (Å²) in [6.07, 6.45) is -2.90. The molecule has 0 rings (SSSR count). The zero-order valence-corrected chi connectivity index (χ0v) is 5.84. The molecule has 0 fully saturated rings. The molecule has 0 aliphatic heterocycles. The van der Waals surface area contributed by atoms with Gasteiger partial charge in [-0.2, -0.15) is 0 Å². The molecule has 0 bridgehead atoms. The molecule has 0 aliphatic rings. The first kappa shape index (κ1) is 9.87. The van der Waals surface area contributed by atoms with E-state index in [1.54, 1.807) is 0 Å². The number of allylic oxidation sites excluding steroid dienone is 1. The largest absolute Gasteiger partial charge is 0.871 e. The molecule has 0 aromatic rings. The average Bonchev–Trinajstić information content (AvgIpc) is 1.87. The van der Waals surface area contributed by atoms with Gasteiger partial charge >= 0.3 is 5.97 Å². The van der Waals surface area contributed by atoms with E-state index >= 15 is 0 Å². The van der Waals surface area contributed by atoms with Crippen LogP contribution in [0.2, 0.25) is 0 Å². The third-order valence-corrected chi connectivity index (χ3v) is 0.762. The molecule has 0 aromatic carbocycles. The summed E-state index contributed by atoms with van der Waals surface area (Å²) in [6.45, 7) is 1.57. The monoisotopic (exact) mass is 165 g/mol. The van der Waals surface area contributed by atoms with Gasteiger partial charge in [0.15, 0.2) is 0 Å². The molecule has 0 unspecified atom stereocenters. The molecule has 0 heterocycles. The molecule has 0 N–H and O–H groups in total. The van der Waals surface area contributed by atoms with Crippen molar-refractivity contribution in [2.24, 2.45) is 0 Å². The minimum absolute atomic E-state index is 0.0614. The summed E-state index contributed by atoms with van der Waals surface area (Å²) in [5.74, 6) is -2.55. The molecule has 0 aliphatic carbocycles. The molecule has 0 saturated carbocycles. The molecule has 5 heteroatoms. The summed E-state index contributed by atoms with van der Waals surface area (Å²) in [7, 11) is 0. The minimum atomic E-state index is -3.14. The first-order chi connectivity index (χ1) is 5.07. The van der Waals surface area contributed by atoms with Crippen molar-refractivity contribution in [1.29, 1.82) is 0 Å². The predicted molar refractivity (Wildman–Crippen MR) is 30.7 cm³/mol. The maximum absolute atomic E-state index is 11.4. The van der Waals surface area contributed by atoms with Crippen LogP contribution < -0.4 is 5.11 Å². The standard InChI is InChI=1S/C6H8F2O3/c1-2-11-5(10)3-4(9)6(7)8/h3,6,9H,2H2,1H3/p-1/b4-3-. The third-order valence-electron chi connectivity index (χ3n) is 0.762. The molecule has 0 spiro atoms. The quantitative estimate of drug-likeness (QED) is 0.337. The van der Waals surface area contributed by atoms with Gasteiger partial charge in [0.1, 0.15) is 0 Å². The average molecular weight is 165 g/mol. The second-order valence-corrected chi connectivity index (χ2v) is 1.60. The van der Waals surface area contributed by atoms with Crippen molar-refractivity contribution >= 4 is 5.97 Å². The molecule has 0 saturated heterocycles. The highest BCUT2D eigenvalue weighted by Gasteiger charge is 2.02. The Morgan fingerprint density at radius 3 is 2.64 bits per heavy atom. The van der Waals surface area contributed by atoms with Crippen LogP contribution in [0.25, 0.3) is 0 Å². The summed E-state index contributed by atoms with van der Waals surface area (Å²) in [6, 6.07) is 0. The molecule has 0 atom stereocenters. The highest BCUT2D eigenvalue weighted by atomic mass is 19.3. The van der Waals surface area contributed by atoms with Crippen molar-refractivity contribution in [1.82, 2.24) is 0 Å². The number of alkyl halides is 2. The van der Waals surface area contributed by atoms with Crippen LogP contribution >= 0.6 is 0 Å². The van der Waals surface area contributed by atoms with Gasteiger partial charge in [0, 0.05) is 6.08 Å². The van der Waals surface area contributed by atoms with E-state index in [-0.39, 0.29) is 12.7 Å². The third kappa shape index (κ3) is 4.30. The summed E-state index contributed by atoms with van der Waals surface area (Å²) in [4.78, 5) is 10.3. The Morgan fingerprint density at radius 2 is 2.27 bits per heavy atom. The van der Waals surface area contributed by atoms with Crippen LogP contribution in [0, 0.1) is 0 Å².